The van der Waals surface area contributed by atoms with Crippen LogP contribution in [0.1, 0.15) is 34.1 Å². The number of nitrogens with two attached hydrogens (primary N) is 1. The molecule has 0 saturated carbocycles. The van der Waals surface area contributed by atoms with E-state index in [4.69, 9.17) is 10.8 Å². The molecule has 0 heterocycles. The second-order valence-electron chi connectivity index (χ2n) is 5.00. The molecule has 0 fully saturated rings. The maximum Gasteiger partial charge on any atom is 0.323 e. The van der Waals surface area contributed by atoms with Gasteiger partial charge in [0.25, 0.3) is 0 Å². The zero-order valence-corrected chi connectivity index (χ0v) is 10.5. The minimum Gasteiger partial charge on any atom is -0.480 e. The summed E-state index contributed by atoms with van der Waals surface area (Å²) in [6.45, 7) is 7.62. The maximum absolute atomic E-state index is 12.0. The highest BCUT2D eigenvalue weighted by Gasteiger charge is 2.31. The van der Waals surface area contributed by atoms with Crippen LogP contribution in [0.4, 0.5) is 0 Å². The number of carbonyl (C=O) groups excluding carboxylic acids is 1. The standard InChI is InChI=1S/C11H22N2O3/c1-5-6-13(7-8(14)15)10(16)9(12)11(2,3)4/h9H,5-7,12H2,1-4H3,(H,14,15)/t9-/m0/s1. The van der Waals surface area contributed by atoms with Gasteiger partial charge in [0.15, 0.2) is 0 Å². The normalized spacial score (nSPS) is 13.3. The monoisotopic (exact) mass is 230 g/mol. The SMILES string of the molecule is CCCN(CC(=O)O)C(=O)[C@H](N)C(C)(C)C. The van der Waals surface area contributed by atoms with Crippen LogP contribution in [-0.4, -0.2) is 41.0 Å². The molecule has 0 unspecified atom stereocenters. The summed E-state index contributed by atoms with van der Waals surface area (Å²) in [6, 6.07) is -0.668. The number of carboxylic acid groups (broad SMARTS) is 1. The molecule has 0 bridgehead atoms. The molecule has 0 aliphatic rings. The van der Waals surface area contributed by atoms with Gasteiger partial charge in [-0.2, -0.15) is 0 Å². The molecule has 0 aliphatic heterocycles. The first-order valence-electron chi connectivity index (χ1n) is 5.46. The number of rotatable bonds is 5. The smallest absolute Gasteiger partial charge is 0.323 e. The summed E-state index contributed by atoms with van der Waals surface area (Å²) in [5.74, 6) is -1.31. The summed E-state index contributed by atoms with van der Waals surface area (Å²) >= 11 is 0. The van der Waals surface area contributed by atoms with Crippen molar-refractivity contribution in [3.8, 4) is 0 Å². The van der Waals surface area contributed by atoms with Crippen LogP contribution in [0.3, 0.4) is 0 Å². The quantitative estimate of drug-likeness (QED) is 0.727. The van der Waals surface area contributed by atoms with E-state index in [1.165, 1.54) is 4.90 Å². The molecule has 94 valence electrons. The Morgan fingerprint density at radius 3 is 2.19 bits per heavy atom. The first-order valence-corrected chi connectivity index (χ1v) is 5.46. The van der Waals surface area contributed by atoms with Crippen molar-refractivity contribution in [2.24, 2.45) is 11.1 Å². The molecule has 5 heteroatoms. The van der Waals surface area contributed by atoms with Crippen LogP contribution in [0.5, 0.6) is 0 Å². The molecule has 5 nitrogen and oxygen atoms in total. The Bertz CT molecular complexity index is 258. The summed E-state index contributed by atoms with van der Waals surface area (Å²) in [5, 5.41) is 8.71. The Morgan fingerprint density at radius 1 is 1.38 bits per heavy atom. The third-order valence-electron chi connectivity index (χ3n) is 2.33. The summed E-state index contributed by atoms with van der Waals surface area (Å²) < 4.78 is 0. The van der Waals surface area contributed by atoms with Gasteiger partial charge in [0, 0.05) is 6.54 Å². The van der Waals surface area contributed by atoms with Gasteiger partial charge in [-0.1, -0.05) is 27.7 Å². The highest BCUT2D eigenvalue weighted by molar-refractivity contribution is 5.85. The van der Waals surface area contributed by atoms with Crippen molar-refractivity contribution in [2.75, 3.05) is 13.1 Å². The molecule has 1 amide bonds. The van der Waals surface area contributed by atoms with Gasteiger partial charge in [-0.25, -0.2) is 0 Å². The fourth-order valence-electron chi connectivity index (χ4n) is 1.27. The third kappa shape index (κ3) is 4.61. The van der Waals surface area contributed by atoms with Crippen molar-refractivity contribution in [3.63, 3.8) is 0 Å². The predicted molar refractivity (Wildman–Crippen MR) is 61.9 cm³/mol. The van der Waals surface area contributed by atoms with E-state index in [0.29, 0.717) is 6.54 Å². The maximum atomic E-state index is 12.0. The second kappa shape index (κ2) is 5.84. The Balaban J connectivity index is 4.67. The third-order valence-corrected chi connectivity index (χ3v) is 2.33. The lowest BCUT2D eigenvalue weighted by atomic mass is 9.86. The average Bonchev–Trinajstić information content (AvgIpc) is 2.12. The van der Waals surface area contributed by atoms with Crippen molar-refractivity contribution >= 4 is 11.9 Å². The summed E-state index contributed by atoms with van der Waals surface area (Å²) in [5.41, 5.74) is 5.46. The molecule has 3 N–H and O–H groups in total. The van der Waals surface area contributed by atoms with E-state index in [-0.39, 0.29) is 17.9 Å². The van der Waals surface area contributed by atoms with Gasteiger partial charge in [-0.3, -0.25) is 9.59 Å². The highest BCUT2D eigenvalue weighted by Crippen LogP contribution is 2.19. The molecule has 0 rings (SSSR count). The number of carboxylic acids is 1. The van der Waals surface area contributed by atoms with Crippen LogP contribution in [0.15, 0.2) is 0 Å². The molecule has 0 saturated heterocycles. The van der Waals surface area contributed by atoms with E-state index >= 15 is 0 Å². The van der Waals surface area contributed by atoms with Crippen molar-refractivity contribution in [1.29, 1.82) is 0 Å². The fourth-order valence-corrected chi connectivity index (χ4v) is 1.27. The Hall–Kier alpha value is -1.10. The fraction of sp³-hybridized carbons (Fsp3) is 0.818. The van der Waals surface area contributed by atoms with Gasteiger partial charge in [0.2, 0.25) is 5.91 Å². The number of aliphatic carboxylic acids is 1. The lowest BCUT2D eigenvalue weighted by Gasteiger charge is -2.31. The summed E-state index contributed by atoms with van der Waals surface area (Å²) in [7, 11) is 0. The van der Waals surface area contributed by atoms with Crippen molar-refractivity contribution in [3.05, 3.63) is 0 Å². The minimum absolute atomic E-state index is 0.281. The Labute approximate surface area is 96.6 Å². The first-order chi connectivity index (χ1) is 7.20. The van der Waals surface area contributed by atoms with Gasteiger partial charge in [-0.15, -0.1) is 0 Å². The molecule has 16 heavy (non-hydrogen) atoms. The van der Waals surface area contributed by atoms with E-state index in [2.05, 4.69) is 0 Å². The molecule has 0 spiro atoms. The van der Waals surface area contributed by atoms with Crippen LogP contribution in [0.2, 0.25) is 0 Å². The first kappa shape index (κ1) is 14.9. The largest absolute Gasteiger partial charge is 0.480 e. The topological polar surface area (TPSA) is 83.6 Å². The van der Waals surface area contributed by atoms with Crippen LogP contribution in [0, 0.1) is 5.41 Å². The van der Waals surface area contributed by atoms with Crippen LogP contribution in [0.25, 0.3) is 0 Å². The molecule has 0 aromatic carbocycles. The van der Waals surface area contributed by atoms with Gasteiger partial charge >= 0.3 is 5.97 Å². The van der Waals surface area contributed by atoms with Crippen molar-refractivity contribution in [1.82, 2.24) is 4.90 Å². The molecule has 0 aromatic rings. The van der Waals surface area contributed by atoms with Crippen LogP contribution >= 0.6 is 0 Å². The summed E-state index contributed by atoms with van der Waals surface area (Å²) in [4.78, 5) is 23.9. The molecular formula is C11H22N2O3. The van der Waals surface area contributed by atoms with E-state index in [1.54, 1.807) is 0 Å². The average molecular weight is 230 g/mol. The highest BCUT2D eigenvalue weighted by atomic mass is 16.4. The lowest BCUT2D eigenvalue weighted by molar-refractivity contribution is -0.146. The van der Waals surface area contributed by atoms with Crippen molar-refractivity contribution < 1.29 is 14.7 Å². The van der Waals surface area contributed by atoms with E-state index in [9.17, 15) is 9.59 Å². The van der Waals surface area contributed by atoms with E-state index in [1.807, 2.05) is 27.7 Å². The predicted octanol–water partition coefficient (Wildman–Crippen LogP) is 0.683. The van der Waals surface area contributed by atoms with Crippen LogP contribution in [-0.2, 0) is 9.59 Å². The molecular weight excluding hydrogens is 208 g/mol. The number of carbonyl (C=O) groups is 2. The molecule has 0 aliphatic carbocycles. The second-order valence-corrected chi connectivity index (χ2v) is 5.00. The molecule has 0 aromatic heterocycles. The Morgan fingerprint density at radius 2 is 1.88 bits per heavy atom. The minimum atomic E-state index is -1.01. The Kier molecular flexibility index (Phi) is 5.44. The summed E-state index contributed by atoms with van der Waals surface area (Å²) in [6.07, 6.45) is 0.718. The number of amides is 1. The van der Waals surface area contributed by atoms with E-state index in [0.717, 1.165) is 6.42 Å². The number of nitrogens with zero attached hydrogens (tertiary/aromatic N) is 1. The lowest BCUT2D eigenvalue weighted by Crippen LogP contribution is -2.51. The van der Waals surface area contributed by atoms with Gasteiger partial charge < -0.3 is 15.7 Å². The van der Waals surface area contributed by atoms with Gasteiger partial charge in [0.1, 0.15) is 6.54 Å². The zero-order valence-electron chi connectivity index (χ0n) is 10.5. The molecule has 0 radical (unpaired) electrons. The number of hydrogen-bond donors (Lipinski definition) is 2. The van der Waals surface area contributed by atoms with Gasteiger partial charge in [-0.05, 0) is 11.8 Å². The zero-order chi connectivity index (χ0) is 12.9. The molecule has 1 atom stereocenters. The van der Waals surface area contributed by atoms with Crippen LogP contribution < -0.4 is 5.73 Å². The van der Waals surface area contributed by atoms with E-state index < -0.39 is 12.0 Å². The number of hydrogen-bond acceptors (Lipinski definition) is 3. The van der Waals surface area contributed by atoms with Crippen molar-refractivity contribution in [2.45, 2.75) is 40.2 Å². The van der Waals surface area contributed by atoms with Gasteiger partial charge in [0.05, 0.1) is 6.04 Å².